The summed E-state index contributed by atoms with van der Waals surface area (Å²) in [6.07, 6.45) is 6.06. The van der Waals surface area contributed by atoms with Crippen LogP contribution >= 0.6 is 15.8 Å². The summed E-state index contributed by atoms with van der Waals surface area (Å²) >= 11 is 0. The number of hydrogen-bond donors (Lipinski definition) is 0. The van der Waals surface area contributed by atoms with E-state index in [2.05, 4.69) is 194 Å². The summed E-state index contributed by atoms with van der Waals surface area (Å²) in [6.45, 7) is 0. The van der Waals surface area contributed by atoms with Crippen LogP contribution in [0.5, 0.6) is 0 Å². The van der Waals surface area contributed by atoms with Gasteiger partial charge in [-0.25, -0.2) is 0 Å². The number of aliphatic imine (C=N–C) groups is 2. The monoisotopic (exact) mass is 632 g/mol. The second-order valence-corrected chi connectivity index (χ2v) is 15.4. The molecule has 226 valence electrons. The fraction of sp³-hybridized carbons (Fsp3) is 0.0952. The van der Waals surface area contributed by atoms with Crippen LogP contribution in [-0.4, -0.2) is 24.8 Å². The van der Waals surface area contributed by atoms with Gasteiger partial charge in [0.2, 0.25) is 0 Å². The number of hydrogen-bond acceptors (Lipinski definition) is 2. The number of benzene rings is 6. The van der Waals surface area contributed by atoms with Crippen molar-refractivity contribution in [1.82, 2.24) is 0 Å². The summed E-state index contributed by atoms with van der Waals surface area (Å²) in [5.74, 6) is 0. The van der Waals surface area contributed by atoms with Crippen molar-refractivity contribution in [3.05, 3.63) is 193 Å². The second-order valence-electron chi connectivity index (χ2n) is 10.9. The van der Waals surface area contributed by atoms with Crippen molar-refractivity contribution in [2.24, 2.45) is 9.98 Å². The van der Waals surface area contributed by atoms with E-state index in [1.54, 1.807) is 0 Å². The minimum Gasteiger partial charge on any atom is -0.286 e. The van der Waals surface area contributed by atoms with Gasteiger partial charge in [-0.15, -0.1) is 0 Å². The molecule has 0 heterocycles. The average Bonchev–Trinajstić information content (AvgIpc) is 3.14. The predicted octanol–water partition coefficient (Wildman–Crippen LogP) is 8.88. The minimum absolute atomic E-state index is 0.150. The van der Waals surface area contributed by atoms with Gasteiger partial charge in [0, 0.05) is 24.8 Å². The van der Waals surface area contributed by atoms with Crippen LogP contribution in [0.1, 0.15) is 23.2 Å². The highest BCUT2D eigenvalue weighted by Crippen LogP contribution is 2.38. The van der Waals surface area contributed by atoms with Crippen LogP contribution in [-0.2, 0) is 0 Å². The van der Waals surface area contributed by atoms with E-state index in [-0.39, 0.29) is 12.1 Å². The highest BCUT2D eigenvalue weighted by atomic mass is 31.1. The minimum atomic E-state index is -0.580. The van der Waals surface area contributed by atoms with Gasteiger partial charge in [0.15, 0.2) is 0 Å². The zero-order valence-corrected chi connectivity index (χ0v) is 27.6. The van der Waals surface area contributed by atoms with E-state index < -0.39 is 15.8 Å². The van der Waals surface area contributed by atoms with E-state index in [0.29, 0.717) is 0 Å². The molecule has 0 amide bonds. The SMILES string of the molecule is C(/CP(c1ccccc1)c1ccccc1)=N\[C@H](c1ccccc1)[C@H](/N=C/CP(c1ccccc1)c1ccccc1)c1ccccc1. The van der Waals surface area contributed by atoms with Crippen molar-refractivity contribution in [2.45, 2.75) is 12.1 Å². The quantitative estimate of drug-likeness (QED) is 0.0898. The van der Waals surface area contributed by atoms with Gasteiger partial charge < -0.3 is 0 Å². The Balaban J connectivity index is 1.34. The third-order valence-corrected chi connectivity index (χ3v) is 12.7. The first-order valence-electron chi connectivity index (χ1n) is 15.8. The molecule has 0 saturated heterocycles. The van der Waals surface area contributed by atoms with E-state index in [9.17, 15) is 0 Å². The molecule has 6 aromatic rings. The van der Waals surface area contributed by atoms with Crippen molar-refractivity contribution < 1.29 is 0 Å². The number of rotatable bonds is 13. The first kappa shape index (κ1) is 31.5. The maximum absolute atomic E-state index is 5.36. The molecule has 0 unspecified atom stereocenters. The Morgan fingerprint density at radius 3 is 0.848 bits per heavy atom. The van der Waals surface area contributed by atoms with E-state index in [4.69, 9.17) is 9.98 Å². The van der Waals surface area contributed by atoms with Crippen molar-refractivity contribution in [1.29, 1.82) is 0 Å². The molecular weight excluding hydrogens is 594 g/mol. The molecule has 0 aliphatic carbocycles. The lowest BCUT2D eigenvalue weighted by atomic mass is 9.94. The van der Waals surface area contributed by atoms with Gasteiger partial charge in [-0.05, 0) is 48.2 Å². The van der Waals surface area contributed by atoms with Crippen LogP contribution in [0.2, 0.25) is 0 Å². The van der Waals surface area contributed by atoms with Gasteiger partial charge in [-0.2, -0.15) is 0 Å². The van der Waals surface area contributed by atoms with E-state index in [1.807, 2.05) is 0 Å². The molecule has 0 fully saturated rings. The van der Waals surface area contributed by atoms with Crippen molar-refractivity contribution in [2.75, 3.05) is 12.3 Å². The van der Waals surface area contributed by atoms with Crippen LogP contribution in [0.25, 0.3) is 0 Å². The van der Waals surface area contributed by atoms with Crippen molar-refractivity contribution in [3.8, 4) is 0 Å². The van der Waals surface area contributed by atoms with E-state index in [0.717, 1.165) is 12.3 Å². The maximum atomic E-state index is 5.36. The first-order chi connectivity index (χ1) is 22.9. The summed E-state index contributed by atoms with van der Waals surface area (Å²) in [5.41, 5.74) is 2.34. The highest BCUT2D eigenvalue weighted by Gasteiger charge is 2.24. The number of nitrogens with zero attached hydrogens (tertiary/aromatic N) is 2. The zero-order chi connectivity index (χ0) is 31.2. The largest absolute Gasteiger partial charge is 0.286 e. The summed E-state index contributed by atoms with van der Waals surface area (Å²) < 4.78 is 0. The van der Waals surface area contributed by atoms with E-state index in [1.165, 1.54) is 32.3 Å². The normalized spacial score (nSPS) is 13.0. The molecule has 0 aromatic heterocycles. The van der Waals surface area contributed by atoms with E-state index >= 15 is 0 Å². The maximum Gasteiger partial charge on any atom is 0.101 e. The smallest absolute Gasteiger partial charge is 0.101 e. The molecule has 0 bridgehead atoms. The van der Waals surface area contributed by atoms with Crippen molar-refractivity contribution >= 4 is 49.5 Å². The molecule has 2 nitrogen and oxygen atoms in total. The Kier molecular flexibility index (Phi) is 11.5. The lowest BCUT2D eigenvalue weighted by Gasteiger charge is -2.23. The third-order valence-electron chi connectivity index (χ3n) is 7.91. The van der Waals surface area contributed by atoms with Gasteiger partial charge in [0.05, 0.1) is 0 Å². The van der Waals surface area contributed by atoms with Gasteiger partial charge in [-0.1, -0.05) is 182 Å². The van der Waals surface area contributed by atoms with Crippen LogP contribution in [0.4, 0.5) is 0 Å². The van der Waals surface area contributed by atoms with Gasteiger partial charge in [0.1, 0.15) is 12.1 Å². The molecule has 0 radical (unpaired) electrons. The predicted molar refractivity (Wildman–Crippen MR) is 203 cm³/mol. The van der Waals surface area contributed by atoms with Gasteiger partial charge in [0.25, 0.3) is 0 Å². The molecular formula is C42H38N2P2. The highest BCUT2D eigenvalue weighted by molar-refractivity contribution is 7.74. The second kappa shape index (κ2) is 16.7. The molecule has 0 saturated carbocycles. The van der Waals surface area contributed by atoms with Gasteiger partial charge >= 0.3 is 0 Å². The summed E-state index contributed by atoms with van der Waals surface area (Å²) in [6, 6.07) is 64.4. The Morgan fingerprint density at radius 2 is 0.587 bits per heavy atom. The first-order valence-corrected chi connectivity index (χ1v) is 18.8. The Morgan fingerprint density at radius 1 is 0.348 bits per heavy atom. The molecule has 0 aliphatic rings. The lowest BCUT2D eigenvalue weighted by Crippen LogP contribution is -2.16. The molecule has 2 atom stereocenters. The lowest BCUT2D eigenvalue weighted by molar-refractivity contribution is 0.583. The Hall–Kier alpha value is -4.48. The molecule has 0 aliphatic heterocycles. The summed E-state index contributed by atoms with van der Waals surface area (Å²) in [4.78, 5) is 10.7. The van der Waals surface area contributed by atoms with Crippen molar-refractivity contribution in [3.63, 3.8) is 0 Å². The Bertz CT molecular complexity index is 1560. The molecule has 46 heavy (non-hydrogen) atoms. The molecule has 6 aromatic carbocycles. The standard InChI is InChI=1S/C42H38N2P2/c1-7-19-35(20-8-1)41(43-31-33-45(37-23-11-3-12-24-37)38-25-13-4-14-26-38)42(36-21-9-2-10-22-36)44-32-34-46(39-27-15-5-16-28-39)40-29-17-6-18-30-40/h1-32,41-42H,33-34H2/b43-31+,44-32+/t41-,42-/m1/s1. The summed E-state index contributed by atoms with van der Waals surface area (Å²) in [5, 5.41) is 5.44. The fourth-order valence-corrected chi connectivity index (χ4v) is 9.72. The third kappa shape index (κ3) is 8.41. The molecule has 0 N–H and O–H groups in total. The zero-order valence-electron chi connectivity index (χ0n) is 25.8. The van der Waals surface area contributed by atoms with Crippen LogP contribution in [0.3, 0.4) is 0 Å². The Labute approximate surface area is 276 Å². The molecule has 6 rings (SSSR count). The van der Waals surface area contributed by atoms with Crippen LogP contribution in [0.15, 0.2) is 192 Å². The average molecular weight is 633 g/mol. The topological polar surface area (TPSA) is 24.7 Å². The molecule has 4 heteroatoms. The summed E-state index contributed by atoms with van der Waals surface area (Å²) in [7, 11) is -1.16. The van der Waals surface area contributed by atoms with Gasteiger partial charge in [-0.3, -0.25) is 9.98 Å². The van der Waals surface area contributed by atoms with Crippen LogP contribution in [0, 0.1) is 0 Å². The fourth-order valence-electron chi connectivity index (χ4n) is 5.64. The van der Waals surface area contributed by atoms with Crippen LogP contribution < -0.4 is 21.2 Å². The molecule has 0 spiro atoms.